The summed E-state index contributed by atoms with van der Waals surface area (Å²) in [5, 5.41) is 4.22. The molecule has 0 saturated carbocycles. The molecule has 4 rings (SSSR count). The lowest BCUT2D eigenvalue weighted by Gasteiger charge is -2.11. The highest BCUT2D eigenvalue weighted by molar-refractivity contribution is 6.37. The van der Waals surface area contributed by atoms with Crippen LogP contribution in [-0.4, -0.2) is 27.7 Å². The second-order valence-electron chi connectivity index (χ2n) is 6.34. The molecule has 0 fully saturated rings. The molecule has 0 atom stereocenters. The standard InChI is InChI=1S/C21H17Cl2N5O2/c22-16-2-1-3-17(23)19(16)28-10-8-18-15(20(28)29)12-25-21(27-18)26-13-4-6-14(7-5-13)30-11-9-24/h1-8,10,12H,9,11,24H2,(H,25,26,27). The number of benzene rings is 2. The molecule has 4 aromatic rings. The molecule has 2 aromatic heterocycles. The Labute approximate surface area is 182 Å². The zero-order valence-corrected chi connectivity index (χ0v) is 17.2. The van der Waals surface area contributed by atoms with Gasteiger partial charge in [-0.3, -0.25) is 9.36 Å². The van der Waals surface area contributed by atoms with E-state index in [4.69, 9.17) is 33.7 Å². The summed E-state index contributed by atoms with van der Waals surface area (Å²) < 4.78 is 6.85. The smallest absolute Gasteiger partial charge is 0.266 e. The summed E-state index contributed by atoms with van der Waals surface area (Å²) in [6.45, 7) is 0.910. The van der Waals surface area contributed by atoms with E-state index in [-0.39, 0.29) is 5.56 Å². The molecule has 0 amide bonds. The van der Waals surface area contributed by atoms with Crippen LogP contribution in [0.4, 0.5) is 11.6 Å². The van der Waals surface area contributed by atoms with Gasteiger partial charge in [-0.1, -0.05) is 29.3 Å². The molecule has 30 heavy (non-hydrogen) atoms. The zero-order chi connectivity index (χ0) is 21.1. The first-order valence-corrected chi connectivity index (χ1v) is 9.85. The maximum Gasteiger partial charge on any atom is 0.266 e. The third-order valence-electron chi connectivity index (χ3n) is 4.32. The van der Waals surface area contributed by atoms with Crippen LogP contribution in [-0.2, 0) is 0 Å². The first-order chi connectivity index (χ1) is 14.6. The predicted molar refractivity (Wildman–Crippen MR) is 119 cm³/mol. The number of rotatable bonds is 6. The van der Waals surface area contributed by atoms with Gasteiger partial charge in [-0.05, 0) is 42.5 Å². The number of hydrogen-bond donors (Lipinski definition) is 2. The summed E-state index contributed by atoms with van der Waals surface area (Å²) >= 11 is 12.5. The lowest BCUT2D eigenvalue weighted by atomic mass is 10.2. The summed E-state index contributed by atoms with van der Waals surface area (Å²) in [7, 11) is 0. The number of halogens is 2. The van der Waals surface area contributed by atoms with E-state index in [1.165, 1.54) is 10.8 Å². The second-order valence-corrected chi connectivity index (χ2v) is 7.15. The van der Waals surface area contributed by atoms with E-state index in [0.717, 1.165) is 11.4 Å². The summed E-state index contributed by atoms with van der Waals surface area (Å²) in [6.07, 6.45) is 3.07. The number of nitrogens with zero attached hydrogens (tertiary/aromatic N) is 3. The van der Waals surface area contributed by atoms with Gasteiger partial charge in [0, 0.05) is 24.6 Å². The normalized spacial score (nSPS) is 10.9. The van der Waals surface area contributed by atoms with E-state index in [1.54, 1.807) is 30.5 Å². The van der Waals surface area contributed by atoms with Gasteiger partial charge >= 0.3 is 0 Å². The second kappa shape index (κ2) is 8.71. The van der Waals surface area contributed by atoms with E-state index in [1.807, 2.05) is 24.3 Å². The molecule has 9 heteroatoms. The van der Waals surface area contributed by atoms with E-state index in [0.29, 0.717) is 45.7 Å². The molecule has 0 spiro atoms. The van der Waals surface area contributed by atoms with Crippen molar-refractivity contribution in [2.24, 2.45) is 5.73 Å². The van der Waals surface area contributed by atoms with Gasteiger partial charge in [0.05, 0.1) is 26.6 Å². The molecule has 152 valence electrons. The summed E-state index contributed by atoms with van der Waals surface area (Å²) in [4.78, 5) is 21.6. The van der Waals surface area contributed by atoms with Gasteiger partial charge in [-0.25, -0.2) is 9.97 Å². The average molecular weight is 442 g/mol. The van der Waals surface area contributed by atoms with Gasteiger partial charge in [-0.2, -0.15) is 0 Å². The lowest BCUT2D eigenvalue weighted by Crippen LogP contribution is -2.19. The molecule has 2 aromatic carbocycles. The van der Waals surface area contributed by atoms with Crippen LogP contribution in [0.25, 0.3) is 16.6 Å². The largest absolute Gasteiger partial charge is 0.492 e. The van der Waals surface area contributed by atoms with Gasteiger partial charge in [0.15, 0.2) is 0 Å². The quantitative estimate of drug-likeness (QED) is 0.466. The Morgan fingerprint density at radius 1 is 1.07 bits per heavy atom. The van der Waals surface area contributed by atoms with Crippen molar-refractivity contribution in [2.45, 2.75) is 0 Å². The molecular weight excluding hydrogens is 425 g/mol. The van der Waals surface area contributed by atoms with Gasteiger partial charge in [-0.15, -0.1) is 0 Å². The van der Waals surface area contributed by atoms with Crippen molar-refractivity contribution in [1.82, 2.24) is 14.5 Å². The Kier molecular flexibility index (Phi) is 5.85. The number of fused-ring (bicyclic) bond motifs is 1. The topological polar surface area (TPSA) is 95.1 Å². The highest BCUT2D eigenvalue weighted by Crippen LogP contribution is 2.27. The fraction of sp³-hybridized carbons (Fsp3) is 0.0952. The number of pyridine rings is 1. The molecule has 2 heterocycles. The summed E-state index contributed by atoms with van der Waals surface area (Å²) in [6, 6.07) is 14.1. The van der Waals surface area contributed by atoms with E-state index < -0.39 is 0 Å². The monoisotopic (exact) mass is 441 g/mol. The first kappa shape index (κ1) is 20.2. The fourth-order valence-corrected chi connectivity index (χ4v) is 3.50. The number of ether oxygens (including phenoxy) is 1. The van der Waals surface area contributed by atoms with Crippen LogP contribution in [0.5, 0.6) is 5.75 Å². The van der Waals surface area contributed by atoms with Crippen LogP contribution < -0.4 is 21.3 Å². The van der Waals surface area contributed by atoms with Crippen LogP contribution in [0.3, 0.4) is 0 Å². The van der Waals surface area contributed by atoms with Crippen molar-refractivity contribution in [2.75, 3.05) is 18.5 Å². The summed E-state index contributed by atoms with van der Waals surface area (Å²) in [5.74, 6) is 1.09. The minimum atomic E-state index is -0.310. The Morgan fingerprint density at radius 3 is 2.50 bits per heavy atom. The van der Waals surface area contributed by atoms with Gasteiger partial charge in [0.25, 0.3) is 5.56 Å². The van der Waals surface area contributed by atoms with Crippen LogP contribution in [0.15, 0.2) is 65.7 Å². The Balaban J connectivity index is 1.63. The Bertz CT molecular complexity index is 1240. The number of anilines is 2. The molecular formula is C21H17Cl2N5O2. The molecule has 0 bridgehead atoms. The van der Waals surface area contributed by atoms with Crippen molar-refractivity contribution < 1.29 is 4.74 Å². The minimum absolute atomic E-state index is 0.310. The number of nitrogens with two attached hydrogens (primary N) is 1. The predicted octanol–water partition coefficient (Wildman–Crippen LogP) is 4.17. The highest BCUT2D eigenvalue weighted by atomic mass is 35.5. The fourth-order valence-electron chi connectivity index (χ4n) is 2.93. The molecule has 3 N–H and O–H groups in total. The van der Waals surface area contributed by atoms with Crippen molar-refractivity contribution >= 4 is 45.7 Å². The third-order valence-corrected chi connectivity index (χ3v) is 4.93. The van der Waals surface area contributed by atoms with Crippen LogP contribution >= 0.6 is 23.2 Å². The van der Waals surface area contributed by atoms with Crippen LogP contribution in [0.1, 0.15) is 0 Å². The molecule has 0 unspecified atom stereocenters. The Hall–Kier alpha value is -3.13. The van der Waals surface area contributed by atoms with Gasteiger partial charge in [0.2, 0.25) is 5.95 Å². The number of nitrogens with one attached hydrogen (secondary N) is 1. The number of para-hydroxylation sites is 1. The highest BCUT2D eigenvalue weighted by Gasteiger charge is 2.13. The van der Waals surface area contributed by atoms with E-state index >= 15 is 0 Å². The van der Waals surface area contributed by atoms with E-state index in [2.05, 4.69) is 15.3 Å². The summed E-state index contributed by atoms with van der Waals surface area (Å²) in [5.41, 5.74) is 6.83. The maximum absolute atomic E-state index is 12.9. The van der Waals surface area contributed by atoms with Crippen LogP contribution in [0.2, 0.25) is 10.0 Å². The molecule has 0 radical (unpaired) electrons. The number of aromatic nitrogens is 3. The van der Waals surface area contributed by atoms with Crippen molar-refractivity contribution in [3.05, 3.63) is 81.3 Å². The first-order valence-electron chi connectivity index (χ1n) is 9.09. The lowest BCUT2D eigenvalue weighted by molar-refractivity contribution is 0.328. The SMILES string of the molecule is NCCOc1ccc(Nc2ncc3c(=O)n(-c4c(Cl)cccc4Cl)ccc3n2)cc1. The van der Waals surface area contributed by atoms with Crippen molar-refractivity contribution in [3.8, 4) is 11.4 Å². The van der Waals surface area contributed by atoms with E-state index in [9.17, 15) is 4.79 Å². The molecule has 0 aliphatic rings. The zero-order valence-electron chi connectivity index (χ0n) is 15.7. The van der Waals surface area contributed by atoms with Gasteiger partial charge in [0.1, 0.15) is 12.4 Å². The van der Waals surface area contributed by atoms with Gasteiger partial charge < -0.3 is 15.8 Å². The molecule has 0 aliphatic heterocycles. The molecule has 7 nitrogen and oxygen atoms in total. The van der Waals surface area contributed by atoms with Crippen LogP contribution in [0, 0.1) is 0 Å². The molecule has 0 saturated heterocycles. The maximum atomic E-state index is 12.9. The Morgan fingerprint density at radius 2 is 1.80 bits per heavy atom. The minimum Gasteiger partial charge on any atom is -0.492 e. The average Bonchev–Trinajstić information content (AvgIpc) is 2.74. The van der Waals surface area contributed by atoms with Crippen molar-refractivity contribution in [1.29, 1.82) is 0 Å². The van der Waals surface area contributed by atoms with Crippen molar-refractivity contribution in [3.63, 3.8) is 0 Å². The number of hydrogen-bond acceptors (Lipinski definition) is 6. The third kappa shape index (κ3) is 4.09. The molecule has 0 aliphatic carbocycles.